The Morgan fingerprint density at radius 1 is 1.03 bits per heavy atom. The number of amides is 1. The Kier molecular flexibility index (Phi) is 7.68. The molecule has 7 nitrogen and oxygen atoms in total. The van der Waals surface area contributed by atoms with Crippen molar-refractivity contribution in [1.29, 1.82) is 0 Å². The molecule has 1 aliphatic heterocycles. The first-order valence-electron chi connectivity index (χ1n) is 10.1. The largest absolute Gasteiger partial charge is 0.493 e. The van der Waals surface area contributed by atoms with Gasteiger partial charge in [-0.2, -0.15) is 0 Å². The third-order valence-corrected chi connectivity index (χ3v) is 5.11. The van der Waals surface area contributed by atoms with Crippen LogP contribution in [0.15, 0.2) is 53.7 Å². The predicted molar refractivity (Wildman–Crippen MR) is 116 cm³/mol. The Hall–Kier alpha value is -3.06. The summed E-state index contributed by atoms with van der Waals surface area (Å²) in [4.78, 5) is 22.3. The van der Waals surface area contributed by atoms with Gasteiger partial charge in [-0.05, 0) is 30.7 Å². The average molecular weight is 412 g/mol. The van der Waals surface area contributed by atoms with Crippen molar-refractivity contribution >= 4 is 12.1 Å². The van der Waals surface area contributed by atoms with Crippen LogP contribution in [0.3, 0.4) is 0 Å². The van der Waals surface area contributed by atoms with E-state index in [0.29, 0.717) is 24.6 Å². The van der Waals surface area contributed by atoms with Gasteiger partial charge >= 0.3 is 0 Å². The smallest absolute Gasteiger partial charge is 0.266 e. The SMILES string of the molecule is COc1ccc(/C=N\O[C@@H](C)C(=O)N2CCN(Cc3ccccc3)CC2)cc1OC. The molecule has 0 saturated carbocycles. The van der Waals surface area contributed by atoms with Crippen molar-refractivity contribution in [1.82, 2.24) is 9.80 Å². The number of carbonyl (C=O) groups excluding carboxylic acids is 1. The summed E-state index contributed by atoms with van der Waals surface area (Å²) in [6.07, 6.45) is 0.922. The van der Waals surface area contributed by atoms with Crippen molar-refractivity contribution in [3.63, 3.8) is 0 Å². The number of hydrogen-bond acceptors (Lipinski definition) is 6. The van der Waals surface area contributed by atoms with E-state index in [4.69, 9.17) is 14.3 Å². The van der Waals surface area contributed by atoms with Crippen molar-refractivity contribution in [2.75, 3.05) is 40.4 Å². The van der Waals surface area contributed by atoms with Crippen LogP contribution < -0.4 is 9.47 Å². The van der Waals surface area contributed by atoms with Gasteiger partial charge in [-0.3, -0.25) is 9.69 Å². The van der Waals surface area contributed by atoms with Crippen molar-refractivity contribution in [2.45, 2.75) is 19.6 Å². The minimum Gasteiger partial charge on any atom is -0.493 e. The molecular weight excluding hydrogens is 382 g/mol. The fourth-order valence-electron chi connectivity index (χ4n) is 3.39. The number of nitrogens with zero attached hydrogens (tertiary/aromatic N) is 3. The van der Waals surface area contributed by atoms with Gasteiger partial charge in [-0.25, -0.2) is 0 Å². The summed E-state index contributed by atoms with van der Waals surface area (Å²) in [7, 11) is 3.17. The highest BCUT2D eigenvalue weighted by Gasteiger charge is 2.26. The van der Waals surface area contributed by atoms with Crippen LogP contribution in [-0.2, 0) is 16.2 Å². The molecule has 0 aromatic heterocycles. The van der Waals surface area contributed by atoms with E-state index in [1.54, 1.807) is 39.5 Å². The Labute approximate surface area is 177 Å². The summed E-state index contributed by atoms with van der Waals surface area (Å²) in [5.74, 6) is 1.21. The third-order valence-electron chi connectivity index (χ3n) is 5.11. The Balaban J connectivity index is 1.46. The molecule has 3 rings (SSSR count). The Bertz CT molecular complexity index is 849. The van der Waals surface area contributed by atoms with Gasteiger partial charge in [-0.15, -0.1) is 0 Å². The van der Waals surface area contributed by atoms with E-state index >= 15 is 0 Å². The van der Waals surface area contributed by atoms with E-state index in [2.05, 4.69) is 34.3 Å². The van der Waals surface area contributed by atoms with Gasteiger partial charge in [0, 0.05) is 38.3 Å². The minimum atomic E-state index is -0.637. The van der Waals surface area contributed by atoms with Gasteiger partial charge in [0.1, 0.15) is 0 Å². The molecule has 1 amide bonds. The van der Waals surface area contributed by atoms with Gasteiger partial charge in [0.25, 0.3) is 5.91 Å². The van der Waals surface area contributed by atoms with Crippen LogP contribution in [0.1, 0.15) is 18.1 Å². The molecule has 0 aliphatic carbocycles. The number of ether oxygens (including phenoxy) is 2. The first-order valence-corrected chi connectivity index (χ1v) is 10.1. The molecule has 0 spiro atoms. The maximum absolute atomic E-state index is 12.7. The lowest BCUT2D eigenvalue weighted by Crippen LogP contribution is -2.50. The van der Waals surface area contributed by atoms with Crippen molar-refractivity contribution < 1.29 is 19.1 Å². The zero-order chi connectivity index (χ0) is 21.3. The molecule has 1 heterocycles. The number of methoxy groups -OCH3 is 2. The van der Waals surface area contributed by atoms with E-state index in [9.17, 15) is 4.79 Å². The molecule has 1 fully saturated rings. The second-order valence-corrected chi connectivity index (χ2v) is 7.18. The first kappa shape index (κ1) is 21.6. The van der Waals surface area contributed by atoms with Crippen LogP contribution in [0, 0.1) is 0 Å². The third kappa shape index (κ3) is 5.73. The fraction of sp³-hybridized carbons (Fsp3) is 0.391. The second-order valence-electron chi connectivity index (χ2n) is 7.18. The topological polar surface area (TPSA) is 63.6 Å². The standard InChI is InChI=1S/C23H29N3O4/c1-18(30-24-16-20-9-10-21(28-2)22(15-20)29-3)23(27)26-13-11-25(12-14-26)17-19-7-5-4-6-8-19/h4-10,15-16,18H,11-14,17H2,1-3H3/b24-16-/t18-/m0/s1. The first-order chi connectivity index (χ1) is 14.6. The molecule has 1 atom stereocenters. The molecule has 160 valence electrons. The number of piperazine rings is 1. The molecule has 0 radical (unpaired) electrons. The van der Waals surface area contributed by atoms with E-state index in [0.717, 1.165) is 25.2 Å². The van der Waals surface area contributed by atoms with E-state index in [1.165, 1.54) is 5.56 Å². The molecule has 2 aromatic rings. The lowest BCUT2D eigenvalue weighted by molar-refractivity contribution is -0.144. The molecule has 0 N–H and O–H groups in total. The summed E-state index contributed by atoms with van der Waals surface area (Å²) in [5.41, 5.74) is 2.08. The van der Waals surface area contributed by atoms with Crippen LogP contribution in [0.25, 0.3) is 0 Å². The predicted octanol–water partition coefficient (Wildman–Crippen LogP) is 2.79. The Morgan fingerprint density at radius 3 is 2.40 bits per heavy atom. The van der Waals surface area contributed by atoms with Crippen molar-refractivity contribution in [3.05, 3.63) is 59.7 Å². The summed E-state index contributed by atoms with van der Waals surface area (Å²) < 4.78 is 10.5. The molecule has 0 bridgehead atoms. The number of oxime groups is 1. The van der Waals surface area contributed by atoms with Gasteiger partial charge in [0.05, 0.1) is 20.4 Å². The normalized spacial score (nSPS) is 15.8. The molecule has 2 aromatic carbocycles. The van der Waals surface area contributed by atoms with Gasteiger partial charge in [-0.1, -0.05) is 35.5 Å². The quantitative estimate of drug-likeness (QED) is 0.494. The van der Waals surface area contributed by atoms with Crippen LogP contribution in [0.5, 0.6) is 11.5 Å². The maximum Gasteiger partial charge on any atom is 0.266 e. The van der Waals surface area contributed by atoms with Crippen LogP contribution in [0.4, 0.5) is 0 Å². The molecule has 1 saturated heterocycles. The number of carbonyl (C=O) groups is 1. The van der Waals surface area contributed by atoms with Gasteiger partial charge in [0.15, 0.2) is 11.5 Å². The zero-order valence-corrected chi connectivity index (χ0v) is 17.8. The van der Waals surface area contributed by atoms with Crippen LogP contribution >= 0.6 is 0 Å². The lowest BCUT2D eigenvalue weighted by Gasteiger charge is -2.35. The molecule has 7 heteroatoms. The lowest BCUT2D eigenvalue weighted by atomic mass is 10.2. The van der Waals surface area contributed by atoms with Gasteiger partial charge < -0.3 is 19.2 Å². The Morgan fingerprint density at radius 2 is 1.73 bits per heavy atom. The fourth-order valence-corrected chi connectivity index (χ4v) is 3.39. The maximum atomic E-state index is 12.7. The molecule has 0 unspecified atom stereocenters. The summed E-state index contributed by atoms with van der Waals surface area (Å²) in [6, 6.07) is 15.8. The van der Waals surface area contributed by atoms with Crippen LogP contribution in [0.2, 0.25) is 0 Å². The number of benzene rings is 2. The van der Waals surface area contributed by atoms with Crippen LogP contribution in [-0.4, -0.2) is 68.4 Å². The van der Waals surface area contributed by atoms with Gasteiger partial charge in [0.2, 0.25) is 6.10 Å². The van der Waals surface area contributed by atoms with E-state index < -0.39 is 6.10 Å². The van der Waals surface area contributed by atoms with Crippen molar-refractivity contribution in [2.24, 2.45) is 5.16 Å². The molecular formula is C23H29N3O4. The zero-order valence-electron chi connectivity index (χ0n) is 17.8. The summed E-state index contributed by atoms with van der Waals surface area (Å²) in [6.45, 7) is 5.72. The van der Waals surface area contributed by atoms with E-state index in [1.807, 2.05) is 17.0 Å². The van der Waals surface area contributed by atoms with E-state index in [-0.39, 0.29) is 5.91 Å². The average Bonchev–Trinajstić information content (AvgIpc) is 2.79. The highest BCUT2D eigenvalue weighted by atomic mass is 16.6. The highest BCUT2D eigenvalue weighted by Crippen LogP contribution is 2.26. The minimum absolute atomic E-state index is 0.0428. The molecule has 1 aliphatic rings. The van der Waals surface area contributed by atoms with Crippen molar-refractivity contribution in [3.8, 4) is 11.5 Å². The monoisotopic (exact) mass is 411 g/mol. The summed E-state index contributed by atoms with van der Waals surface area (Å²) >= 11 is 0. The highest BCUT2D eigenvalue weighted by molar-refractivity contribution is 5.82. The second kappa shape index (κ2) is 10.6. The molecule has 30 heavy (non-hydrogen) atoms. The number of hydrogen-bond donors (Lipinski definition) is 0. The number of rotatable bonds is 8. The summed E-state index contributed by atoms with van der Waals surface area (Å²) in [5, 5.41) is 3.98.